The van der Waals surface area contributed by atoms with Crippen molar-refractivity contribution in [3.05, 3.63) is 65.7 Å². The molecule has 23 heavy (non-hydrogen) atoms. The summed E-state index contributed by atoms with van der Waals surface area (Å²) >= 11 is 0. The van der Waals surface area contributed by atoms with E-state index < -0.39 is 0 Å². The van der Waals surface area contributed by atoms with Crippen molar-refractivity contribution in [1.29, 1.82) is 0 Å². The van der Waals surface area contributed by atoms with Crippen LogP contribution in [0.3, 0.4) is 0 Å². The highest BCUT2D eigenvalue weighted by molar-refractivity contribution is 5.78. The maximum absolute atomic E-state index is 12.4. The molecule has 0 spiro atoms. The van der Waals surface area contributed by atoms with Gasteiger partial charge in [-0.15, -0.1) is 0 Å². The summed E-state index contributed by atoms with van der Waals surface area (Å²) in [6.45, 7) is 5.99. The zero-order chi connectivity index (χ0) is 16.9. The second-order valence-electron chi connectivity index (χ2n) is 6.74. The molecule has 0 saturated carbocycles. The number of hydrogen-bond acceptors (Lipinski definition) is 2. The molecular formula is C20H25NO2. The number of nitrogens with one attached hydrogen (secondary N) is 1. The Balaban J connectivity index is 2.27. The van der Waals surface area contributed by atoms with Gasteiger partial charge in [-0.05, 0) is 44.0 Å². The Morgan fingerprint density at radius 2 is 1.57 bits per heavy atom. The third-order valence-corrected chi connectivity index (χ3v) is 3.62. The Morgan fingerprint density at radius 3 is 2.09 bits per heavy atom. The summed E-state index contributed by atoms with van der Waals surface area (Å²) in [6.07, 6.45) is 0.424. The maximum atomic E-state index is 12.4. The van der Waals surface area contributed by atoms with Gasteiger partial charge in [0.25, 0.3) is 0 Å². The molecule has 0 aromatic heterocycles. The van der Waals surface area contributed by atoms with Gasteiger partial charge in [-0.2, -0.15) is 0 Å². The average molecular weight is 311 g/mol. The number of ether oxygens (including phenoxy) is 1. The van der Waals surface area contributed by atoms with Gasteiger partial charge in [0.2, 0.25) is 5.91 Å². The third kappa shape index (κ3) is 5.13. The Hall–Kier alpha value is -2.29. The normalized spacial score (nSPS) is 12.5. The van der Waals surface area contributed by atoms with Crippen LogP contribution >= 0.6 is 0 Å². The minimum absolute atomic E-state index is 0.0319. The molecule has 1 unspecified atom stereocenters. The fourth-order valence-electron chi connectivity index (χ4n) is 2.60. The Labute approximate surface area is 138 Å². The molecule has 0 fully saturated rings. The zero-order valence-electron chi connectivity index (χ0n) is 14.3. The van der Waals surface area contributed by atoms with E-state index in [2.05, 4.69) is 17.4 Å². The van der Waals surface area contributed by atoms with Gasteiger partial charge in [-0.3, -0.25) is 4.79 Å². The monoisotopic (exact) mass is 311 g/mol. The first-order valence-corrected chi connectivity index (χ1v) is 7.89. The summed E-state index contributed by atoms with van der Waals surface area (Å²) in [5, 5.41) is 3.05. The highest BCUT2D eigenvalue weighted by atomic mass is 16.5. The summed E-state index contributed by atoms with van der Waals surface area (Å²) in [7, 11) is 1.65. The summed E-state index contributed by atoms with van der Waals surface area (Å²) in [4.78, 5) is 12.4. The van der Waals surface area contributed by atoms with Crippen molar-refractivity contribution in [3.8, 4) is 5.75 Å². The van der Waals surface area contributed by atoms with E-state index in [9.17, 15) is 4.79 Å². The fourth-order valence-corrected chi connectivity index (χ4v) is 2.60. The summed E-state index contributed by atoms with van der Waals surface area (Å²) in [5.41, 5.74) is 2.03. The molecule has 122 valence electrons. The van der Waals surface area contributed by atoms with Crippen molar-refractivity contribution in [2.45, 2.75) is 38.6 Å². The largest absolute Gasteiger partial charge is 0.497 e. The number of methoxy groups -OCH3 is 1. The van der Waals surface area contributed by atoms with E-state index in [0.29, 0.717) is 6.42 Å². The van der Waals surface area contributed by atoms with Crippen molar-refractivity contribution >= 4 is 5.91 Å². The van der Waals surface area contributed by atoms with Gasteiger partial charge in [-0.25, -0.2) is 0 Å². The Kier molecular flexibility index (Phi) is 5.43. The van der Waals surface area contributed by atoms with E-state index >= 15 is 0 Å². The van der Waals surface area contributed by atoms with Crippen molar-refractivity contribution in [2.75, 3.05) is 7.11 Å². The first-order chi connectivity index (χ1) is 10.9. The molecule has 0 aliphatic carbocycles. The second-order valence-corrected chi connectivity index (χ2v) is 6.74. The minimum Gasteiger partial charge on any atom is -0.497 e. The van der Waals surface area contributed by atoms with Crippen molar-refractivity contribution in [3.63, 3.8) is 0 Å². The summed E-state index contributed by atoms with van der Waals surface area (Å²) < 4.78 is 5.22. The van der Waals surface area contributed by atoms with Crippen LogP contribution < -0.4 is 10.1 Å². The Bertz CT molecular complexity index is 627. The molecule has 1 N–H and O–H groups in total. The van der Waals surface area contributed by atoms with Crippen LogP contribution in [-0.4, -0.2) is 18.6 Å². The predicted molar refractivity (Wildman–Crippen MR) is 93.8 cm³/mol. The lowest BCUT2D eigenvalue weighted by molar-refractivity contribution is -0.122. The van der Waals surface area contributed by atoms with Crippen LogP contribution in [-0.2, 0) is 4.79 Å². The molecule has 3 heteroatoms. The average Bonchev–Trinajstić information content (AvgIpc) is 2.52. The van der Waals surface area contributed by atoms with Crippen molar-refractivity contribution in [1.82, 2.24) is 5.32 Å². The minimum atomic E-state index is -0.224. The first kappa shape index (κ1) is 17.1. The second kappa shape index (κ2) is 7.32. The van der Waals surface area contributed by atoms with E-state index in [-0.39, 0.29) is 17.4 Å². The molecule has 0 radical (unpaired) electrons. The number of rotatable bonds is 5. The molecule has 2 aromatic carbocycles. The lowest BCUT2D eigenvalue weighted by Gasteiger charge is -2.24. The smallest absolute Gasteiger partial charge is 0.221 e. The standard InChI is InChI=1S/C20H25NO2/c1-20(2,3)21-19(22)14-18(15-8-6-5-7-9-15)16-10-12-17(23-4)13-11-16/h5-13,18H,14H2,1-4H3,(H,21,22). The Morgan fingerprint density at radius 1 is 1.00 bits per heavy atom. The van der Waals surface area contributed by atoms with Gasteiger partial charge >= 0.3 is 0 Å². The summed E-state index contributed by atoms with van der Waals surface area (Å²) in [6, 6.07) is 18.1. The predicted octanol–water partition coefficient (Wildman–Crippen LogP) is 4.13. The van der Waals surface area contributed by atoms with Gasteiger partial charge in [-0.1, -0.05) is 42.5 Å². The molecule has 0 bridgehead atoms. The fraction of sp³-hybridized carbons (Fsp3) is 0.350. The number of hydrogen-bond donors (Lipinski definition) is 1. The van der Waals surface area contributed by atoms with Crippen LogP contribution in [0.15, 0.2) is 54.6 Å². The topological polar surface area (TPSA) is 38.3 Å². The first-order valence-electron chi connectivity index (χ1n) is 7.89. The van der Waals surface area contributed by atoms with Gasteiger partial charge in [0.05, 0.1) is 7.11 Å². The van der Waals surface area contributed by atoms with E-state index in [1.807, 2.05) is 63.2 Å². The van der Waals surface area contributed by atoms with E-state index in [4.69, 9.17) is 4.74 Å². The molecule has 2 aromatic rings. The zero-order valence-corrected chi connectivity index (χ0v) is 14.3. The highest BCUT2D eigenvalue weighted by Crippen LogP contribution is 2.29. The van der Waals surface area contributed by atoms with Crippen LogP contribution in [0.2, 0.25) is 0 Å². The molecule has 0 aliphatic rings. The lowest BCUT2D eigenvalue weighted by atomic mass is 9.88. The van der Waals surface area contributed by atoms with Crippen LogP contribution in [0.5, 0.6) is 5.75 Å². The van der Waals surface area contributed by atoms with Crippen LogP contribution in [0, 0.1) is 0 Å². The van der Waals surface area contributed by atoms with Crippen LogP contribution in [0.25, 0.3) is 0 Å². The molecule has 0 heterocycles. The van der Waals surface area contributed by atoms with Gasteiger partial charge in [0.15, 0.2) is 0 Å². The number of carbonyl (C=O) groups is 1. The van der Waals surface area contributed by atoms with Crippen molar-refractivity contribution in [2.24, 2.45) is 0 Å². The SMILES string of the molecule is COc1ccc(C(CC(=O)NC(C)(C)C)c2ccccc2)cc1. The highest BCUT2D eigenvalue weighted by Gasteiger charge is 2.21. The molecule has 0 saturated heterocycles. The molecule has 0 aliphatic heterocycles. The number of carbonyl (C=O) groups excluding carboxylic acids is 1. The van der Waals surface area contributed by atoms with E-state index in [0.717, 1.165) is 16.9 Å². The lowest BCUT2D eigenvalue weighted by Crippen LogP contribution is -2.41. The number of amides is 1. The number of benzene rings is 2. The molecule has 1 atom stereocenters. The van der Waals surface area contributed by atoms with Crippen molar-refractivity contribution < 1.29 is 9.53 Å². The maximum Gasteiger partial charge on any atom is 0.221 e. The summed E-state index contributed by atoms with van der Waals surface area (Å²) in [5.74, 6) is 0.909. The van der Waals surface area contributed by atoms with Gasteiger partial charge in [0.1, 0.15) is 5.75 Å². The molecule has 1 amide bonds. The van der Waals surface area contributed by atoms with Crippen LogP contribution in [0.1, 0.15) is 44.2 Å². The van der Waals surface area contributed by atoms with Gasteiger partial charge in [0, 0.05) is 17.9 Å². The third-order valence-electron chi connectivity index (χ3n) is 3.62. The molecule has 3 nitrogen and oxygen atoms in total. The quantitative estimate of drug-likeness (QED) is 0.901. The molecular weight excluding hydrogens is 286 g/mol. The molecule has 2 rings (SSSR count). The van der Waals surface area contributed by atoms with E-state index in [1.165, 1.54) is 0 Å². The van der Waals surface area contributed by atoms with Gasteiger partial charge < -0.3 is 10.1 Å². The van der Waals surface area contributed by atoms with E-state index in [1.54, 1.807) is 7.11 Å². The van der Waals surface area contributed by atoms with Crippen LogP contribution in [0.4, 0.5) is 0 Å².